The van der Waals surface area contributed by atoms with Gasteiger partial charge in [0.25, 0.3) is 0 Å². The highest BCUT2D eigenvalue weighted by molar-refractivity contribution is 6.21. The summed E-state index contributed by atoms with van der Waals surface area (Å²) in [6.45, 7) is 0. The van der Waals surface area contributed by atoms with Gasteiger partial charge in [-0.3, -0.25) is 4.79 Å². The number of carbonyl (C=O) groups excluding carboxylic acids is 1. The summed E-state index contributed by atoms with van der Waals surface area (Å²) in [6, 6.07) is 17.5. The molecule has 2 aromatic carbocycles. The number of hydrogen-bond donors (Lipinski definition) is 1. The highest BCUT2D eigenvalue weighted by Crippen LogP contribution is 2.24. The van der Waals surface area contributed by atoms with Crippen LogP contribution >= 0.6 is 0 Å². The van der Waals surface area contributed by atoms with E-state index in [0.29, 0.717) is 5.56 Å². The Kier molecular flexibility index (Phi) is 2.57. The zero-order valence-electron chi connectivity index (χ0n) is 11.2. The second kappa shape index (κ2) is 4.56. The zero-order chi connectivity index (χ0) is 14.2. The van der Waals surface area contributed by atoms with Crippen molar-refractivity contribution in [1.82, 2.24) is 9.97 Å². The number of rotatable bonds is 2. The Hall–Kier alpha value is -2.94. The average molecular weight is 272 g/mol. The van der Waals surface area contributed by atoms with Crippen LogP contribution in [0.25, 0.3) is 21.8 Å². The minimum Gasteiger partial charge on any atom is -0.345 e. The van der Waals surface area contributed by atoms with Crippen LogP contribution < -0.4 is 0 Å². The quantitative estimate of drug-likeness (QED) is 0.562. The molecule has 1 N–H and O–H groups in total. The number of nitrogens with one attached hydrogen (secondary N) is 1. The Balaban J connectivity index is 1.95. The number of aromatic nitrogens is 2. The molecule has 0 radical (unpaired) electrons. The summed E-state index contributed by atoms with van der Waals surface area (Å²) in [5.41, 5.74) is 2.12. The van der Waals surface area contributed by atoms with Crippen molar-refractivity contribution in [3.8, 4) is 0 Å². The molecule has 3 heteroatoms. The summed E-state index contributed by atoms with van der Waals surface area (Å²) in [5, 5.41) is 2.90. The zero-order valence-corrected chi connectivity index (χ0v) is 11.2. The lowest BCUT2D eigenvalue weighted by atomic mass is 9.97. The first kappa shape index (κ1) is 11.9. The smallest absolute Gasteiger partial charge is 0.195 e. The minimum atomic E-state index is 0.0195. The summed E-state index contributed by atoms with van der Waals surface area (Å²) >= 11 is 0. The molecule has 3 nitrogen and oxygen atoms in total. The van der Waals surface area contributed by atoms with E-state index < -0.39 is 0 Å². The van der Waals surface area contributed by atoms with Crippen LogP contribution in [0.5, 0.6) is 0 Å². The molecule has 0 aliphatic heterocycles. The van der Waals surface area contributed by atoms with Gasteiger partial charge in [0.1, 0.15) is 5.65 Å². The van der Waals surface area contributed by atoms with Crippen molar-refractivity contribution in [2.24, 2.45) is 0 Å². The van der Waals surface area contributed by atoms with E-state index in [0.717, 1.165) is 27.4 Å². The van der Waals surface area contributed by atoms with Gasteiger partial charge >= 0.3 is 0 Å². The predicted molar refractivity (Wildman–Crippen MR) is 83.5 cm³/mol. The molecule has 0 aliphatic rings. The molecule has 0 amide bonds. The number of nitrogens with zero attached hydrogens (tertiary/aromatic N) is 1. The van der Waals surface area contributed by atoms with Crippen molar-refractivity contribution >= 4 is 27.6 Å². The highest BCUT2D eigenvalue weighted by atomic mass is 16.1. The first-order valence-corrected chi connectivity index (χ1v) is 6.79. The van der Waals surface area contributed by atoms with Crippen LogP contribution in [0.4, 0.5) is 0 Å². The van der Waals surface area contributed by atoms with Gasteiger partial charge in [-0.2, -0.15) is 0 Å². The Bertz CT molecular complexity index is 964. The fourth-order valence-electron chi connectivity index (χ4n) is 2.71. The molecule has 100 valence electrons. The van der Waals surface area contributed by atoms with E-state index in [1.165, 1.54) is 0 Å². The molecule has 0 saturated carbocycles. The third-order valence-electron chi connectivity index (χ3n) is 3.73. The number of ketones is 1. The average Bonchev–Trinajstić information content (AvgIpc) is 2.98. The van der Waals surface area contributed by atoms with Crippen molar-refractivity contribution in [3.63, 3.8) is 0 Å². The Morgan fingerprint density at radius 2 is 1.67 bits per heavy atom. The van der Waals surface area contributed by atoms with Crippen LogP contribution in [0, 0.1) is 0 Å². The van der Waals surface area contributed by atoms with Crippen molar-refractivity contribution in [2.45, 2.75) is 0 Å². The van der Waals surface area contributed by atoms with Gasteiger partial charge in [0.05, 0.1) is 0 Å². The fourth-order valence-corrected chi connectivity index (χ4v) is 2.71. The molecule has 21 heavy (non-hydrogen) atoms. The number of carbonyl (C=O) groups is 1. The van der Waals surface area contributed by atoms with E-state index in [1.807, 2.05) is 54.6 Å². The van der Waals surface area contributed by atoms with Crippen molar-refractivity contribution in [1.29, 1.82) is 0 Å². The molecule has 0 unspecified atom stereocenters. The standard InChI is InChI=1S/C18H12N2O/c21-17(16-11-20-18-15(16)9-4-10-19-18)14-8-3-6-12-5-1-2-7-13(12)14/h1-11H,(H,19,20). The topological polar surface area (TPSA) is 45.8 Å². The van der Waals surface area contributed by atoms with Crippen LogP contribution in [-0.2, 0) is 0 Å². The molecule has 0 saturated heterocycles. The molecule has 0 atom stereocenters. The molecule has 0 spiro atoms. The normalized spacial score (nSPS) is 11.0. The second-order valence-corrected chi connectivity index (χ2v) is 4.96. The van der Waals surface area contributed by atoms with Crippen molar-refractivity contribution < 1.29 is 4.79 Å². The number of hydrogen-bond acceptors (Lipinski definition) is 2. The predicted octanol–water partition coefficient (Wildman–Crippen LogP) is 3.95. The lowest BCUT2D eigenvalue weighted by Crippen LogP contribution is -2.01. The molecule has 0 bridgehead atoms. The maximum absolute atomic E-state index is 12.9. The van der Waals surface area contributed by atoms with Gasteiger partial charge in [-0.05, 0) is 22.9 Å². The molecular formula is C18H12N2O. The SMILES string of the molecule is O=C(c1cccc2ccccc12)c1c[nH]c2ncccc12. The molecular weight excluding hydrogens is 260 g/mol. The lowest BCUT2D eigenvalue weighted by molar-refractivity contribution is 0.104. The summed E-state index contributed by atoms with van der Waals surface area (Å²) in [5.74, 6) is 0.0195. The van der Waals surface area contributed by atoms with E-state index >= 15 is 0 Å². The monoisotopic (exact) mass is 272 g/mol. The number of benzene rings is 2. The Morgan fingerprint density at radius 3 is 2.62 bits per heavy atom. The maximum Gasteiger partial charge on any atom is 0.195 e. The largest absolute Gasteiger partial charge is 0.345 e. The summed E-state index contributed by atoms with van der Waals surface area (Å²) in [4.78, 5) is 20.2. The molecule has 4 rings (SSSR count). The number of pyridine rings is 1. The fraction of sp³-hybridized carbons (Fsp3) is 0. The number of fused-ring (bicyclic) bond motifs is 2. The van der Waals surface area contributed by atoms with E-state index in [9.17, 15) is 4.79 Å². The number of aromatic amines is 1. The van der Waals surface area contributed by atoms with Gasteiger partial charge in [0.15, 0.2) is 5.78 Å². The molecule has 0 aliphatic carbocycles. The van der Waals surface area contributed by atoms with Gasteiger partial charge in [-0.1, -0.05) is 42.5 Å². The third-order valence-corrected chi connectivity index (χ3v) is 3.73. The van der Waals surface area contributed by atoms with Gasteiger partial charge in [0.2, 0.25) is 0 Å². The van der Waals surface area contributed by atoms with E-state index in [4.69, 9.17) is 0 Å². The maximum atomic E-state index is 12.9. The van der Waals surface area contributed by atoms with Gasteiger partial charge in [-0.25, -0.2) is 4.98 Å². The lowest BCUT2D eigenvalue weighted by Gasteiger charge is -2.05. The summed E-state index contributed by atoms with van der Waals surface area (Å²) in [7, 11) is 0. The Labute approximate surface area is 121 Å². The minimum absolute atomic E-state index is 0.0195. The van der Waals surface area contributed by atoms with Crippen LogP contribution in [0.3, 0.4) is 0 Å². The van der Waals surface area contributed by atoms with Gasteiger partial charge < -0.3 is 4.98 Å². The third kappa shape index (κ3) is 1.82. The van der Waals surface area contributed by atoms with Crippen LogP contribution in [0.2, 0.25) is 0 Å². The van der Waals surface area contributed by atoms with E-state index in [1.54, 1.807) is 12.4 Å². The summed E-state index contributed by atoms with van der Waals surface area (Å²) < 4.78 is 0. The van der Waals surface area contributed by atoms with Crippen LogP contribution in [0.1, 0.15) is 15.9 Å². The Morgan fingerprint density at radius 1 is 0.857 bits per heavy atom. The van der Waals surface area contributed by atoms with Crippen LogP contribution in [-0.4, -0.2) is 15.8 Å². The molecule has 2 aromatic heterocycles. The first-order chi connectivity index (χ1) is 10.3. The molecule has 2 heterocycles. The van der Waals surface area contributed by atoms with Crippen LogP contribution in [0.15, 0.2) is 67.0 Å². The molecule has 0 fully saturated rings. The van der Waals surface area contributed by atoms with E-state index in [-0.39, 0.29) is 5.78 Å². The van der Waals surface area contributed by atoms with Gasteiger partial charge in [0, 0.05) is 28.9 Å². The second-order valence-electron chi connectivity index (χ2n) is 4.96. The highest BCUT2D eigenvalue weighted by Gasteiger charge is 2.16. The summed E-state index contributed by atoms with van der Waals surface area (Å²) in [6.07, 6.45) is 3.45. The first-order valence-electron chi connectivity index (χ1n) is 6.79. The number of H-pyrrole nitrogens is 1. The van der Waals surface area contributed by atoms with Gasteiger partial charge in [-0.15, -0.1) is 0 Å². The van der Waals surface area contributed by atoms with E-state index in [2.05, 4.69) is 9.97 Å². The molecule has 4 aromatic rings. The van der Waals surface area contributed by atoms with Crippen molar-refractivity contribution in [3.05, 3.63) is 78.1 Å². The van der Waals surface area contributed by atoms with Crippen molar-refractivity contribution in [2.75, 3.05) is 0 Å².